The van der Waals surface area contributed by atoms with Crippen molar-refractivity contribution in [3.63, 3.8) is 0 Å². The Labute approximate surface area is 163 Å². The molecule has 1 aromatic carbocycles. The average molecular weight is 380 g/mol. The van der Waals surface area contributed by atoms with Crippen LogP contribution in [0.5, 0.6) is 0 Å². The highest BCUT2D eigenvalue weighted by Crippen LogP contribution is 2.20. The third kappa shape index (κ3) is 4.12. The zero-order chi connectivity index (χ0) is 19.5. The van der Waals surface area contributed by atoms with Crippen LogP contribution >= 0.6 is 0 Å². The predicted octanol–water partition coefficient (Wildman–Crippen LogP) is 2.17. The Morgan fingerprint density at radius 1 is 1.21 bits per heavy atom. The van der Waals surface area contributed by atoms with Gasteiger partial charge in [0.2, 0.25) is 11.7 Å². The van der Waals surface area contributed by atoms with Gasteiger partial charge >= 0.3 is 0 Å². The van der Waals surface area contributed by atoms with E-state index in [1.54, 1.807) is 20.2 Å². The molecule has 3 heterocycles. The van der Waals surface area contributed by atoms with Crippen LogP contribution in [0.2, 0.25) is 0 Å². The number of rotatable bonds is 5. The first-order valence-corrected chi connectivity index (χ1v) is 9.49. The van der Waals surface area contributed by atoms with Gasteiger partial charge in [-0.05, 0) is 31.9 Å². The van der Waals surface area contributed by atoms with E-state index in [0.29, 0.717) is 17.5 Å². The summed E-state index contributed by atoms with van der Waals surface area (Å²) in [7, 11) is 1.74. The topological polar surface area (TPSA) is 89.1 Å². The van der Waals surface area contributed by atoms with Crippen molar-refractivity contribution in [3.05, 3.63) is 53.9 Å². The standard InChI is InChI=1S/C20H24N6O2/c1-14-21-18(25(2)24-14)19(27)22-16-8-10-26(11-9-16)12-17-13-28-20(23-17)15-6-4-3-5-7-15/h3-7,13,16H,8-12H2,1-2H3,(H,22,27). The second-order valence-electron chi connectivity index (χ2n) is 7.14. The van der Waals surface area contributed by atoms with Crippen molar-refractivity contribution in [1.29, 1.82) is 0 Å². The van der Waals surface area contributed by atoms with E-state index < -0.39 is 0 Å². The molecule has 0 bridgehead atoms. The first-order chi connectivity index (χ1) is 13.6. The molecular weight excluding hydrogens is 356 g/mol. The lowest BCUT2D eigenvalue weighted by Gasteiger charge is -2.31. The Morgan fingerprint density at radius 3 is 2.64 bits per heavy atom. The molecule has 8 heteroatoms. The molecule has 1 N–H and O–H groups in total. The lowest BCUT2D eigenvalue weighted by molar-refractivity contribution is 0.0893. The third-order valence-electron chi connectivity index (χ3n) is 4.95. The number of amides is 1. The first kappa shape index (κ1) is 18.4. The summed E-state index contributed by atoms with van der Waals surface area (Å²) in [6, 6.07) is 10.0. The zero-order valence-electron chi connectivity index (χ0n) is 16.1. The van der Waals surface area contributed by atoms with Crippen LogP contribution in [-0.2, 0) is 13.6 Å². The molecule has 0 spiro atoms. The summed E-state index contributed by atoms with van der Waals surface area (Å²) in [6.45, 7) is 4.33. The van der Waals surface area contributed by atoms with Crippen LogP contribution in [0.4, 0.5) is 0 Å². The van der Waals surface area contributed by atoms with Gasteiger partial charge in [0.15, 0.2) is 0 Å². The SMILES string of the molecule is Cc1nc(C(=O)NC2CCN(Cc3coc(-c4ccccc4)n3)CC2)n(C)n1. The van der Waals surface area contributed by atoms with Crippen molar-refractivity contribution in [2.24, 2.45) is 7.05 Å². The van der Waals surface area contributed by atoms with E-state index in [-0.39, 0.29) is 11.9 Å². The average Bonchev–Trinajstić information content (AvgIpc) is 3.30. The summed E-state index contributed by atoms with van der Waals surface area (Å²) in [4.78, 5) is 23.5. The molecule has 146 valence electrons. The van der Waals surface area contributed by atoms with Crippen molar-refractivity contribution in [3.8, 4) is 11.5 Å². The van der Waals surface area contributed by atoms with Crippen LogP contribution in [0.1, 0.15) is 35.0 Å². The Bertz CT molecular complexity index is 941. The minimum absolute atomic E-state index is 0.151. The molecule has 1 amide bonds. The molecule has 1 saturated heterocycles. The van der Waals surface area contributed by atoms with E-state index in [1.165, 1.54) is 4.68 Å². The molecule has 3 aromatic rings. The van der Waals surface area contributed by atoms with E-state index in [1.807, 2.05) is 30.3 Å². The minimum Gasteiger partial charge on any atom is -0.444 e. The van der Waals surface area contributed by atoms with Gasteiger partial charge in [-0.2, -0.15) is 5.10 Å². The van der Waals surface area contributed by atoms with E-state index in [2.05, 4.69) is 25.3 Å². The number of hydrogen-bond acceptors (Lipinski definition) is 6. The maximum absolute atomic E-state index is 12.4. The molecular formula is C20H24N6O2. The van der Waals surface area contributed by atoms with Crippen LogP contribution in [0, 0.1) is 6.92 Å². The third-order valence-corrected chi connectivity index (χ3v) is 4.95. The summed E-state index contributed by atoms with van der Waals surface area (Å²) in [6.07, 6.45) is 3.52. The molecule has 4 rings (SSSR count). The lowest BCUT2D eigenvalue weighted by Crippen LogP contribution is -2.44. The van der Waals surface area contributed by atoms with Crippen LogP contribution in [0.15, 0.2) is 41.0 Å². The number of hydrogen-bond donors (Lipinski definition) is 1. The number of aryl methyl sites for hydroxylation is 2. The molecule has 1 aliphatic heterocycles. The van der Waals surface area contributed by atoms with Gasteiger partial charge in [0, 0.05) is 38.3 Å². The Balaban J connectivity index is 1.28. The van der Waals surface area contributed by atoms with Crippen LogP contribution < -0.4 is 5.32 Å². The lowest BCUT2D eigenvalue weighted by atomic mass is 10.0. The summed E-state index contributed by atoms with van der Waals surface area (Å²) < 4.78 is 7.14. The number of piperidine rings is 1. The van der Waals surface area contributed by atoms with Crippen LogP contribution in [0.3, 0.4) is 0 Å². The van der Waals surface area contributed by atoms with E-state index >= 15 is 0 Å². The number of nitrogens with one attached hydrogen (secondary N) is 1. The Kier molecular flexibility index (Phi) is 5.21. The molecule has 0 radical (unpaired) electrons. The number of likely N-dealkylation sites (tertiary alicyclic amines) is 1. The number of aromatic nitrogens is 4. The minimum atomic E-state index is -0.162. The fraction of sp³-hybridized carbons (Fsp3) is 0.400. The normalized spacial score (nSPS) is 15.6. The van der Waals surface area contributed by atoms with Gasteiger partial charge in [-0.25, -0.2) is 14.6 Å². The second-order valence-corrected chi connectivity index (χ2v) is 7.14. The van der Waals surface area contributed by atoms with Crippen molar-refractivity contribution in [2.45, 2.75) is 32.4 Å². The highest BCUT2D eigenvalue weighted by molar-refractivity contribution is 5.90. The summed E-state index contributed by atoms with van der Waals surface area (Å²) in [5.41, 5.74) is 1.91. The van der Waals surface area contributed by atoms with Crippen molar-refractivity contribution in [2.75, 3.05) is 13.1 Å². The number of nitrogens with zero attached hydrogens (tertiary/aromatic N) is 5. The number of carbonyl (C=O) groups is 1. The zero-order valence-corrected chi connectivity index (χ0v) is 16.1. The number of oxazole rings is 1. The number of carbonyl (C=O) groups excluding carboxylic acids is 1. The molecule has 0 atom stereocenters. The largest absolute Gasteiger partial charge is 0.444 e. The van der Waals surface area contributed by atoms with Gasteiger partial charge in [0.25, 0.3) is 5.91 Å². The molecule has 28 heavy (non-hydrogen) atoms. The highest BCUT2D eigenvalue weighted by Gasteiger charge is 2.23. The first-order valence-electron chi connectivity index (χ1n) is 9.49. The fourth-order valence-corrected chi connectivity index (χ4v) is 3.52. The van der Waals surface area contributed by atoms with Crippen molar-refractivity contribution < 1.29 is 9.21 Å². The maximum Gasteiger partial charge on any atom is 0.289 e. The van der Waals surface area contributed by atoms with E-state index in [9.17, 15) is 4.79 Å². The smallest absolute Gasteiger partial charge is 0.289 e. The molecule has 0 unspecified atom stereocenters. The predicted molar refractivity (Wildman–Crippen MR) is 103 cm³/mol. The quantitative estimate of drug-likeness (QED) is 0.730. The van der Waals surface area contributed by atoms with Gasteiger partial charge in [-0.1, -0.05) is 18.2 Å². The maximum atomic E-state index is 12.4. The summed E-state index contributed by atoms with van der Waals surface area (Å²) >= 11 is 0. The molecule has 2 aromatic heterocycles. The van der Waals surface area contributed by atoms with E-state index in [0.717, 1.165) is 43.7 Å². The molecule has 8 nitrogen and oxygen atoms in total. The van der Waals surface area contributed by atoms with Gasteiger partial charge in [-0.15, -0.1) is 0 Å². The summed E-state index contributed by atoms with van der Waals surface area (Å²) in [5.74, 6) is 1.45. The Morgan fingerprint density at radius 2 is 1.96 bits per heavy atom. The fourth-order valence-electron chi connectivity index (χ4n) is 3.52. The van der Waals surface area contributed by atoms with Gasteiger partial charge in [0.05, 0.1) is 5.69 Å². The van der Waals surface area contributed by atoms with Crippen LogP contribution in [-0.4, -0.2) is 49.7 Å². The number of benzene rings is 1. The molecule has 1 fully saturated rings. The molecule has 0 saturated carbocycles. The van der Waals surface area contributed by atoms with Gasteiger partial charge in [-0.3, -0.25) is 9.69 Å². The van der Waals surface area contributed by atoms with Crippen molar-refractivity contribution in [1.82, 2.24) is 30.0 Å². The molecule has 1 aliphatic rings. The van der Waals surface area contributed by atoms with Gasteiger partial charge < -0.3 is 9.73 Å². The van der Waals surface area contributed by atoms with Crippen LogP contribution in [0.25, 0.3) is 11.5 Å². The van der Waals surface area contributed by atoms with Gasteiger partial charge in [0.1, 0.15) is 12.1 Å². The van der Waals surface area contributed by atoms with Crippen molar-refractivity contribution >= 4 is 5.91 Å². The summed E-state index contributed by atoms with van der Waals surface area (Å²) in [5, 5.41) is 7.20. The monoisotopic (exact) mass is 380 g/mol. The highest BCUT2D eigenvalue weighted by atomic mass is 16.3. The second kappa shape index (κ2) is 7.93. The van der Waals surface area contributed by atoms with E-state index in [4.69, 9.17) is 4.42 Å². The Hall–Kier alpha value is -3.00. The molecule has 0 aliphatic carbocycles.